The molecular weight excluding hydrogens is 346 g/mol. The number of carbonyl (C=O) groups is 2. The molecule has 1 amide bonds. The second kappa shape index (κ2) is 8.71. The van der Waals surface area contributed by atoms with Gasteiger partial charge in [-0.1, -0.05) is 18.2 Å². The largest absolute Gasteiger partial charge is 0.467 e. The Kier molecular flexibility index (Phi) is 5.89. The summed E-state index contributed by atoms with van der Waals surface area (Å²) in [5.74, 6) is 0.944. The molecule has 1 aromatic heterocycles. The first-order chi connectivity index (χ1) is 13.1. The van der Waals surface area contributed by atoms with Crippen molar-refractivity contribution in [2.75, 3.05) is 6.61 Å². The summed E-state index contributed by atoms with van der Waals surface area (Å²) in [5.41, 5.74) is 0.335. The summed E-state index contributed by atoms with van der Waals surface area (Å²) in [6.07, 6.45) is 1.53. The number of benzene rings is 2. The van der Waals surface area contributed by atoms with Crippen LogP contribution in [-0.4, -0.2) is 18.5 Å². The van der Waals surface area contributed by atoms with Gasteiger partial charge in [0.15, 0.2) is 6.61 Å². The molecule has 1 atom stereocenters. The second-order valence-corrected chi connectivity index (χ2v) is 5.82. The van der Waals surface area contributed by atoms with Crippen molar-refractivity contribution in [1.82, 2.24) is 5.32 Å². The third kappa shape index (κ3) is 5.22. The summed E-state index contributed by atoms with van der Waals surface area (Å²) >= 11 is 0. The van der Waals surface area contributed by atoms with Gasteiger partial charge in [-0.15, -0.1) is 0 Å². The highest BCUT2D eigenvalue weighted by Gasteiger charge is 2.14. The van der Waals surface area contributed by atoms with E-state index in [4.69, 9.17) is 13.9 Å². The van der Waals surface area contributed by atoms with Crippen LogP contribution in [0.1, 0.15) is 29.1 Å². The molecular formula is C21H19NO5. The minimum Gasteiger partial charge on any atom is -0.467 e. The molecule has 2 aromatic carbocycles. The Morgan fingerprint density at radius 1 is 0.963 bits per heavy atom. The van der Waals surface area contributed by atoms with E-state index in [0.29, 0.717) is 22.8 Å². The predicted octanol–water partition coefficient (Wildman–Crippen LogP) is 4.11. The first kappa shape index (κ1) is 18.3. The summed E-state index contributed by atoms with van der Waals surface area (Å²) in [5, 5.41) is 2.70. The van der Waals surface area contributed by atoms with Gasteiger partial charge in [0.1, 0.15) is 17.3 Å². The van der Waals surface area contributed by atoms with Gasteiger partial charge in [-0.2, -0.15) is 0 Å². The number of furan rings is 1. The van der Waals surface area contributed by atoms with Gasteiger partial charge < -0.3 is 19.2 Å². The molecule has 0 fully saturated rings. The second-order valence-electron chi connectivity index (χ2n) is 5.82. The van der Waals surface area contributed by atoms with Gasteiger partial charge in [-0.3, -0.25) is 4.79 Å². The molecule has 3 rings (SSSR count). The van der Waals surface area contributed by atoms with E-state index in [-0.39, 0.29) is 12.6 Å². The molecule has 1 heterocycles. The van der Waals surface area contributed by atoms with Crippen molar-refractivity contribution in [3.63, 3.8) is 0 Å². The van der Waals surface area contributed by atoms with E-state index in [1.807, 2.05) is 30.3 Å². The number of carbonyl (C=O) groups excluding carboxylic acids is 2. The fourth-order valence-corrected chi connectivity index (χ4v) is 2.39. The van der Waals surface area contributed by atoms with Crippen molar-refractivity contribution in [2.45, 2.75) is 13.0 Å². The van der Waals surface area contributed by atoms with E-state index in [1.54, 1.807) is 43.3 Å². The fraction of sp³-hybridized carbons (Fsp3) is 0.143. The maximum Gasteiger partial charge on any atom is 0.338 e. The lowest BCUT2D eigenvalue weighted by molar-refractivity contribution is -0.125. The van der Waals surface area contributed by atoms with Crippen molar-refractivity contribution >= 4 is 11.9 Å². The zero-order valence-corrected chi connectivity index (χ0v) is 14.8. The lowest BCUT2D eigenvalue weighted by Gasteiger charge is -2.11. The van der Waals surface area contributed by atoms with Crippen molar-refractivity contribution in [1.29, 1.82) is 0 Å². The van der Waals surface area contributed by atoms with E-state index < -0.39 is 11.9 Å². The normalized spacial score (nSPS) is 11.4. The minimum absolute atomic E-state index is 0.305. The molecule has 0 aliphatic carbocycles. The molecule has 3 aromatic rings. The molecule has 0 unspecified atom stereocenters. The number of esters is 1. The molecule has 0 bridgehead atoms. The Hall–Kier alpha value is -3.54. The van der Waals surface area contributed by atoms with Crippen LogP contribution in [0.4, 0.5) is 0 Å². The highest BCUT2D eigenvalue weighted by atomic mass is 16.5. The van der Waals surface area contributed by atoms with E-state index in [9.17, 15) is 9.59 Å². The average Bonchev–Trinajstić information content (AvgIpc) is 3.22. The Bertz CT molecular complexity index is 873. The first-order valence-corrected chi connectivity index (χ1v) is 8.44. The molecule has 0 aliphatic heterocycles. The summed E-state index contributed by atoms with van der Waals surface area (Å²) in [4.78, 5) is 24.0. The van der Waals surface area contributed by atoms with Crippen molar-refractivity contribution in [2.24, 2.45) is 0 Å². The van der Waals surface area contributed by atoms with Gasteiger partial charge in [0.2, 0.25) is 0 Å². The molecule has 1 N–H and O–H groups in total. The maximum atomic E-state index is 12.1. The zero-order chi connectivity index (χ0) is 19.1. The van der Waals surface area contributed by atoms with Gasteiger partial charge in [0.25, 0.3) is 5.91 Å². The van der Waals surface area contributed by atoms with Crippen LogP contribution in [0.15, 0.2) is 77.4 Å². The van der Waals surface area contributed by atoms with E-state index in [0.717, 1.165) is 0 Å². The smallest absolute Gasteiger partial charge is 0.338 e. The van der Waals surface area contributed by atoms with Gasteiger partial charge >= 0.3 is 5.97 Å². The number of amides is 1. The molecule has 0 radical (unpaired) electrons. The summed E-state index contributed by atoms with van der Waals surface area (Å²) < 4.78 is 15.9. The Morgan fingerprint density at radius 2 is 1.67 bits per heavy atom. The molecule has 6 nitrogen and oxygen atoms in total. The van der Waals surface area contributed by atoms with Gasteiger partial charge in [0, 0.05) is 0 Å². The number of hydrogen-bond acceptors (Lipinski definition) is 5. The fourth-order valence-electron chi connectivity index (χ4n) is 2.39. The Balaban J connectivity index is 1.48. The summed E-state index contributed by atoms with van der Waals surface area (Å²) in [7, 11) is 0. The van der Waals surface area contributed by atoms with Crippen molar-refractivity contribution < 1.29 is 23.5 Å². The van der Waals surface area contributed by atoms with Gasteiger partial charge in [-0.25, -0.2) is 4.79 Å². The number of ether oxygens (including phenoxy) is 2. The molecule has 6 heteroatoms. The minimum atomic E-state index is -0.581. The monoisotopic (exact) mass is 365 g/mol. The molecule has 138 valence electrons. The Labute approximate surface area is 156 Å². The molecule has 0 saturated carbocycles. The highest BCUT2D eigenvalue weighted by Crippen LogP contribution is 2.21. The van der Waals surface area contributed by atoms with Crippen LogP contribution >= 0.6 is 0 Å². The molecule has 0 saturated heterocycles. The summed E-state index contributed by atoms with van der Waals surface area (Å²) in [6.45, 7) is 1.41. The zero-order valence-electron chi connectivity index (χ0n) is 14.8. The number of para-hydroxylation sites is 1. The van der Waals surface area contributed by atoms with Crippen LogP contribution in [0.2, 0.25) is 0 Å². The molecule has 0 aliphatic rings. The molecule has 0 spiro atoms. The van der Waals surface area contributed by atoms with Crippen LogP contribution in [0.5, 0.6) is 11.5 Å². The topological polar surface area (TPSA) is 77.8 Å². The standard InChI is InChI=1S/C21H19NO5/c1-15(19-8-5-13-25-19)22-20(23)14-26-21(24)16-9-11-18(12-10-16)27-17-6-3-2-4-7-17/h2-13,15H,14H2,1H3,(H,22,23)/t15-/m0/s1. The predicted molar refractivity (Wildman–Crippen MR) is 98.5 cm³/mol. The first-order valence-electron chi connectivity index (χ1n) is 8.44. The highest BCUT2D eigenvalue weighted by molar-refractivity contribution is 5.91. The van der Waals surface area contributed by atoms with Crippen LogP contribution < -0.4 is 10.1 Å². The number of hydrogen-bond donors (Lipinski definition) is 1. The Morgan fingerprint density at radius 3 is 2.33 bits per heavy atom. The van der Waals surface area contributed by atoms with Crippen LogP contribution in [-0.2, 0) is 9.53 Å². The quantitative estimate of drug-likeness (QED) is 0.638. The SMILES string of the molecule is C[C@H](NC(=O)COC(=O)c1ccc(Oc2ccccc2)cc1)c1ccco1. The van der Waals surface area contributed by atoms with Crippen LogP contribution in [0, 0.1) is 0 Å². The van der Waals surface area contributed by atoms with Gasteiger partial charge in [-0.05, 0) is 55.5 Å². The van der Waals surface area contributed by atoms with Crippen molar-refractivity contribution in [3.8, 4) is 11.5 Å². The lowest BCUT2D eigenvalue weighted by Crippen LogP contribution is -2.30. The third-order valence-corrected chi connectivity index (χ3v) is 3.75. The van der Waals surface area contributed by atoms with Crippen LogP contribution in [0.3, 0.4) is 0 Å². The average molecular weight is 365 g/mol. The lowest BCUT2D eigenvalue weighted by atomic mass is 10.2. The van der Waals surface area contributed by atoms with E-state index in [1.165, 1.54) is 6.26 Å². The van der Waals surface area contributed by atoms with E-state index in [2.05, 4.69) is 5.32 Å². The number of nitrogens with one attached hydrogen (secondary N) is 1. The van der Waals surface area contributed by atoms with Crippen LogP contribution in [0.25, 0.3) is 0 Å². The molecule has 27 heavy (non-hydrogen) atoms. The third-order valence-electron chi connectivity index (χ3n) is 3.75. The van der Waals surface area contributed by atoms with E-state index >= 15 is 0 Å². The number of rotatable bonds is 7. The van der Waals surface area contributed by atoms with Crippen molar-refractivity contribution in [3.05, 3.63) is 84.3 Å². The maximum absolute atomic E-state index is 12.1. The van der Waals surface area contributed by atoms with Gasteiger partial charge in [0.05, 0.1) is 17.9 Å². The summed E-state index contributed by atoms with van der Waals surface area (Å²) in [6, 6.07) is 19.0.